The van der Waals surface area contributed by atoms with Gasteiger partial charge in [-0.15, -0.1) is 0 Å². The second kappa shape index (κ2) is 8.20. The molecule has 2 atom stereocenters. The summed E-state index contributed by atoms with van der Waals surface area (Å²) in [6.07, 6.45) is 3.00. The lowest BCUT2D eigenvalue weighted by atomic mass is 9.89. The van der Waals surface area contributed by atoms with E-state index in [0.29, 0.717) is 19.6 Å². The monoisotopic (exact) mass is 428 g/mol. The van der Waals surface area contributed by atoms with Gasteiger partial charge in [0.2, 0.25) is 0 Å². The molecule has 0 bridgehead atoms. The van der Waals surface area contributed by atoms with Crippen LogP contribution in [0.15, 0.2) is 66.1 Å². The van der Waals surface area contributed by atoms with Crippen LogP contribution in [0.25, 0.3) is 0 Å². The van der Waals surface area contributed by atoms with Crippen LogP contribution in [0.1, 0.15) is 17.0 Å². The molecule has 0 aliphatic carbocycles. The van der Waals surface area contributed by atoms with Crippen molar-refractivity contribution in [3.63, 3.8) is 0 Å². The van der Waals surface area contributed by atoms with Gasteiger partial charge in [0.15, 0.2) is 5.03 Å². The van der Waals surface area contributed by atoms with Crippen molar-refractivity contribution in [3.05, 3.63) is 78.0 Å². The zero-order valence-corrected chi connectivity index (χ0v) is 17.8. The molecule has 1 aromatic heterocycles. The number of hydrogen-bond acceptors (Lipinski definition) is 4. The van der Waals surface area contributed by atoms with E-state index in [-0.39, 0.29) is 22.7 Å². The minimum atomic E-state index is -3.69. The van der Waals surface area contributed by atoms with Gasteiger partial charge in [0.1, 0.15) is 5.82 Å². The van der Waals surface area contributed by atoms with E-state index in [1.807, 2.05) is 25.1 Å². The summed E-state index contributed by atoms with van der Waals surface area (Å²) in [6.45, 7) is 3.35. The average Bonchev–Trinajstić information content (AvgIpc) is 3.34. The van der Waals surface area contributed by atoms with Crippen LogP contribution in [-0.4, -0.2) is 41.9 Å². The molecule has 0 saturated carbocycles. The van der Waals surface area contributed by atoms with Gasteiger partial charge >= 0.3 is 0 Å². The molecule has 158 valence electrons. The summed E-state index contributed by atoms with van der Waals surface area (Å²) in [5.74, 6) is -0.306. The molecule has 1 N–H and O–H groups in total. The highest BCUT2D eigenvalue weighted by Gasteiger charge is 2.40. The molecule has 2 heterocycles. The zero-order valence-electron chi connectivity index (χ0n) is 17.0. The predicted octanol–water partition coefficient (Wildman–Crippen LogP) is 3.38. The molecule has 1 saturated heterocycles. The molecule has 3 aromatic rings. The van der Waals surface area contributed by atoms with E-state index in [9.17, 15) is 12.8 Å². The molecule has 0 radical (unpaired) electrons. The van der Waals surface area contributed by atoms with Gasteiger partial charge in [-0.1, -0.05) is 24.3 Å². The van der Waals surface area contributed by atoms with Crippen molar-refractivity contribution >= 4 is 15.7 Å². The molecule has 1 aliphatic rings. The lowest BCUT2D eigenvalue weighted by Gasteiger charge is -2.20. The molecule has 0 spiro atoms. The van der Waals surface area contributed by atoms with Crippen molar-refractivity contribution in [3.8, 4) is 0 Å². The van der Waals surface area contributed by atoms with Crippen LogP contribution in [0.2, 0.25) is 0 Å². The number of nitrogens with zero attached hydrogens (tertiary/aromatic N) is 3. The van der Waals surface area contributed by atoms with Crippen molar-refractivity contribution < 1.29 is 12.8 Å². The number of halogens is 1. The maximum absolute atomic E-state index is 13.4. The fourth-order valence-electron chi connectivity index (χ4n) is 3.98. The third-order valence-corrected chi connectivity index (χ3v) is 7.29. The molecule has 2 aromatic carbocycles. The van der Waals surface area contributed by atoms with E-state index < -0.39 is 10.0 Å². The lowest BCUT2D eigenvalue weighted by molar-refractivity contribution is 0.459. The fraction of sp³-hybridized carbons (Fsp3) is 0.318. The number of anilines is 1. The SMILES string of the molecule is Cc1cccc(NCC2CN(S(=O)(=O)c3cn(C)cn3)CC2c2ccc(F)cc2)c1. The van der Waals surface area contributed by atoms with E-state index >= 15 is 0 Å². The van der Waals surface area contributed by atoms with Gasteiger partial charge in [-0.05, 0) is 48.2 Å². The van der Waals surface area contributed by atoms with Crippen LogP contribution in [0, 0.1) is 18.7 Å². The van der Waals surface area contributed by atoms with Crippen molar-refractivity contribution in [2.45, 2.75) is 17.9 Å². The van der Waals surface area contributed by atoms with Crippen molar-refractivity contribution in [1.82, 2.24) is 13.9 Å². The molecule has 1 fully saturated rings. The first-order chi connectivity index (χ1) is 14.3. The Morgan fingerprint density at radius 1 is 1.17 bits per heavy atom. The summed E-state index contributed by atoms with van der Waals surface area (Å²) < 4.78 is 42.8. The molecule has 1 aliphatic heterocycles. The van der Waals surface area contributed by atoms with E-state index in [2.05, 4.69) is 16.4 Å². The Kier molecular flexibility index (Phi) is 5.62. The number of aryl methyl sites for hydroxylation is 2. The second-order valence-electron chi connectivity index (χ2n) is 7.87. The van der Waals surface area contributed by atoms with Gasteiger partial charge in [-0.25, -0.2) is 17.8 Å². The number of aromatic nitrogens is 2. The van der Waals surface area contributed by atoms with Crippen LogP contribution >= 0.6 is 0 Å². The Morgan fingerprint density at radius 3 is 2.60 bits per heavy atom. The highest BCUT2D eigenvalue weighted by atomic mass is 32.2. The highest BCUT2D eigenvalue weighted by molar-refractivity contribution is 7.89. The number of sulfonamides is 1. The number of rotatable bonds is 6. The summed E-state index contributed by atoms with van der Waals surface area (Å²) in [5, 5.41) is 3.49. The number of nitrogens with one attached hydrogen (secondary N) is 1. The van der Waals surface area contributed by atoms with E-state index in [4.69, 9.17) is 0 Å². The minimum absolute atomic E-state index is 0.0365. The van der Waals surface area contributed by atoms with E-state index in [1.165, 1.54) is 29.0 Å². The third-order valence-electron chi connectivity index (χ3n) is 5.58. The second-order valence-corrected chi connectivity index (χ2v) is 9.75. The first-order valence-corrected chi connectivity index (χ1v) is 11.3. The summed E-state index contributed by atoms with van der Waals surface area (Å²) in [6, 6.07) is 14.4. The molecule has 30 heavy (non-hydrogen) atoms. The van der Waals surface area contributed by atoms with Crippen molar-refractivity contribution in [2.24, 2.45) is 13.0 Å². The molecule has 2 unspecified atom stereocenters. The van der Waals surface area contributed by atoms with Gasteiger partial charge < -0.3 is 9.88 Å². The fourth-order valence-corrected chi connectivity index (χ4v) is 5.47. The van der Waals surface area contributed by atoms with Gasteiger partial charge in [0.05, 0.1) is 6.33 Å². The molecule has 0 amide bonds. The summed E-state index contributed by atoms with van der Waals surface area (Å²) in [4.78, 5) is 4.04. The third kappa shape index (κ3) is 4.24. The standard InChI is InChI=1S/C22H25FN4O2S/c1-16-4-3-5-20(10-16)24-11-18-12-27(30(28,29)22-14-26(2)15-25-22)13-21(18)17-6-8-19(23)9-7-17/h3-10,14-15,18,21,24H,11-13H2,1-2H3. The largest absolute Gasteiger partial charge is 0.385 e. The average molecular weight is 429 g/mol. The topological polar surface area (TPSA) is 67.2 Å². The number of hydrogen-bond donors (Lipinski definition) is 1. The van der Waals surface area contributed by atoms with E-state index in [0.717, 1.165) is 16.8 Å². The van der Waals surface area contributed by atoms with Gasteiger partial charge in [-0.3, -0.25) is 0 Å². The van der Waals surface area contributed by atoms with Gasteiger partial charge in [-0.2, -0.15) is 4.31 Å². The van der Waals surface area contributed by atoms with Crippen LogP contribution in [-0.2, 0) is 17.1 Å². The molecule has 8 heteroatoms. The molecular formula is C22H25FN4O2S. The molecule has 4 rings (SSSR count). The summed E-state index contributed by atoms with van der Waals surface area (Å²) in [7, 11) is -1.95. The molecule has 6 nitrogen and oxygen atoms in total. The quantitative estimate of drug-likeness (QED) is 0.654. The normalized spacial score (nSPS) is 19.8. The maximum Gasteiger partial charge on any atom is 0.262 e. The Hall–Kier alpha value is -2.71. The predicted molar refractivity (Wildman–Crippen MR) is 114 cm³/mol. The first kappa shape index (κ1) is 20.6. The van der Waals surface area contributed by atoms with Crippen molar-refractivity contribution in [2.75, 3.05) is 25.0 Å². The smallest absolute Gasteiger partial charge is 0.262 e. The van der Waals surface area contributed by atoms with E-state index in [1.54, 1.807) is 23.7 Å². The van der Waals surface area contributed by atoms with Gasteiger partial charge in [0.25, 0.3) is 10.0 Å². The maximum atomic E-state index is 13.4. The Labute approximate surface area is 176 Å². The highest BCUT2D eigenvalue weighted by Crippen LogP contribution is 2.35. The van der Waals surface area contributed by atoms with Crippen LogP contribution in [0.4, 0.5) is 10.1 Å². The summed E-state index contributed by atoms with van der Waals surface area (Å²) >= 11 is 0. The number of benzene rings is 2. The van der Waals surface area contributed by atoms with Crippen molar-refractivity contribution in [1.29, 1.82) is 0 Å². The van der Waals surface area contributed by atoms with Gasteiger partial charge in [0, 0.05) is 44.5 Å². The van der Waals surface area contributed by atoms with Crippen LogP contribution < -0.4 is 5.32 Å². The minimum Gasteiger partial charge on any atom is -0.385 e. The molecular weight excluding hydrogens is 403 g/mol. The first-order valence-electron chi connectivity index (χ1n) is 9.87. The Bertz CT molecular complexity index is 1130. The lowest BCUT2D eigenvalue weighted by Crippen LogP contribution is -2.30. The Morgan fingerprint density at radius 2 is 1.93 bits per heavy atom. The summed E-state index contributed by atoms with van der Waals surface area (Å²) in [5.41, 5.74) is 3.09. The number of imidazole rings is 1. The van der Waals surface area contributed by atoms with Crippen LogP contribution in [0.3, 0.4) is 0 Å². The Balaban J connectivity index is 1.59. The zero-order chi connectivity index (χ0) is 21.3. The van der Waals surface area contributed by atoms with Crippen LogP contribution in [0.5, 0.6) is 0 Å².